The summed E-state index contributed by atoms with van der Waals surface area (Å²) in [6, 6.07) is 0.343. The summed E-state index contributed by atoms with van der Waals surface area (Å²) in [6.07, 6.45) is 6.96. The maximum Gasteiger partial charge on any atom is 0.239 e. The highest BCUT2D eigenvalue weighted by molar-refractivity contribution is 5.82. The second kappa shape index (κ2) is 7.22. The number of rotatable bonds is 5. The Bertz CT molecular complexity index is 292. The van der Waals surface area contributed by atoms with Crippen LogP contribution in [0.3, 0.4) is 0 Å². The highest BCUT2D eigenvalue weighted by Crippen LogP contribution is 2.23. The molecule has 0 bridgehead atoms. The molecule has 0 aromatic heterocycles. The van der Waals surface area contributed by atoms with Gasteiger partial charge in [-0.15, -0.1) is 0 Å². The zero-order valence-corrected chi connectivity index (χ0v) is 12.1. The molecule has 1 aliphatic heterocycles. The van der Waals surface area contributed by atoms with Gasteiger partial charge in [-0.1, -0.05) is 19.3 Å². The largest absolute Gasteiger partial charge is 0.359 e. The van der Waals surface area contributed by atoms with Gasteiger partial charge in [0.25, 0.3) is 0 Å². The third-order valence-electron chi connectivity index (χ3n) is 4.28. The Morgan fingerprint density at radius 1 is 1.32 bits per heavy atom. The molecule has 1 N–H and O–H groups in total. The summed E-state index contributed by atoms with van der Waals surface area (Å²) in [5.41, 5.74) is 0. The first kappa shape index (κ1) is 14.8. The van der Waals surface area contributed by atoms with Crippen molar-refractivity contribution in [3.8, 4) is 0 Å². The van der Waals surface area contributed by atoms with Crippen molar-refractivity contribution in [2.75, 3.05) is 27.5 Å². The van der Waals surface area contributed by atoms with Gasteiger partial charge in [0, 0.05) is 26.7 Å². The molecule has 110 valence electrons. The van der Waals surface area contributed by atoms with E-state index < -0.39 is 0 Å². The molecule has 2 aliphatic rings. The second-order valence-electron chi connectivity index (χ2n) is 5.63. The number of nitrogens with zero attached hydrogens (tertiary/aromatic N) is 1. The average molecular weight is 270 g/mol. The number of hydrogen-bond acceptors (Lipinski definition) is 4. The van der Waals surface area contributed by atoms with Crippen molar-refractivity contribution in [1.82, 2.24) is 10.2 Å². The average Bonchev–Trinajstić information content (AvgIpc) is 2.93. The predicted octanol–water partition coefficient (Wildman–Crippen LogP) is 1.13. The number of likely N-dealkylation sites (N-methyl/N-ethyl adjacent to an activating group) is 1. The molecule has 1 aliphatic carbocycles. The van der Waals surface area contributed by atoms with Crippen LogP contribution in [0.15, 0.2) is 0 Å². The summed E-state index contributed by atoms with van der Waals surface area (Å²) in [4.78, 5) is 14.4. The SMILES string of the molecule is COCOC1CN[C@H](C(=O)N(C)C2CCCCC2)C1. The Hall–Kier alpha value is -0.650. The minimum Gasteiger partial charge on any atom is -0.359 e. The number of hydrogen-bond donors (Lipinski definition) is 1. The molecule has 0 radical (unpaired) electrons. The van der Waals surface area contributed by atoms with Gasteiger partial charge in [-0.25, -0.2) is 0 Å². The molecule has 5 nitrogen and oxygen atoms in total. The fourth-order valence-corrected chi connectivity index (χ4v) is 3.08. The Labute approximate surface area is 115 Å². The van der Waals surface area contributed by atoms with E-state index in [-0.39, 0.29) is 18.1 Å². The number of ether oxygens (including phenoxy) is 2. The van der Waals surface area contributed by atoms with Crippen LogP contribution in [0.5, 0.6) is 0 Å². The van der Waals surface area contributed by atoms with E-state index in [1.807, 2.05) is 11.9 Å². The highest BCUT2D eigenvalue weighted by atomic mass is 16.7. The summed E-state index contributed by atoms with van der Waals surface area (Å²) in [7, 11) is 3.56. The summed E-state index contributed by atoms with van der Waals surface area (Å²) in [5, 5.41) is 3.26. The van der Waals surface area contributed by atoms with Gasteiger partial charge < -0.3 is 19.7 Å². The predicted molar refractivity (Wildman–Crippen MR) is 72.8 cm³/mol. The normalized spacial score (nSPS) is 28.5. The number of methoxy groups -OCH3 is 1. The molecule has 2 atom stereocenters. The zero-order valence-electron chi connectivity index (χ0n) is 12.1. The smallest absolute Gasteiger partial charge is 0.239 e. The molecule has 1 saturated carbocycles. The van der Waals surface area contributed by atoms with Gasteiger partial charge in [0.05, 0.1) is 12.1 Å². The van der Waals surface area contributed by atoms with Crippen LogP contribution >= 0.6 is 0 Å². The number of carbonyl (C=O) groups excluding carboxylic acids is 1. The minimum atomic E-state index is -0.0891. The molecule has 19 heavy (non-hydrogen) atoms. The maximum absolute atomic E-state index is 12.4. The van der Waals surface area contributed by atoms with E-state index in [4.69, 9.17) is 9.47 Å². The van der Waals surface area contributed by atoms with Crippen LogP contribution in [-0.2, 0) is 14.3 Å². The van der Waals surface area contributed by atoms with Gasteiger partial charge in [-0.2, -0.15) is 0 Å². The zero-order chi connectivity index (χ0) is 13.7. The first-order valence-corrected chi connectivity index (χ1v) is 7.33. The number of amides is 1. The molecule has 0 spiro atoms. The van der Waals surface area contributed by atoms with Crippen LogP contribution in [0.2, 0.25) is 0 Å². The third-order valence-corrected chi connectivity index (χ3v) is 4.28. The summed E-state index contributed by atoms with van der Waals surface area (Å²) in [6.45, 7) is 1.03. The molecule has 1 amide bonds. The first-order chi connectivity index (χ1) is 9.22. The van der Waals surface area contributed by atoms with E-state index in [0.717, 1.165) is 25.8 Å². The van der Waals surface area contributed by atoms with Gasteiger partial charge in [0.15, 0.2) is 0 Å². The highest BCUT2D eigenvalue weighted by Gasteiger charge is 2.34. The van der Waals surface area contributed by atoms with Crippen molar-refractivity contribution < 1.29 is 14.3 Å². The van der Waals surface area contributed by atoms with Crippen molar-refractivity contribution in [3.05, 3.63) is 0 Å². The van der Waals surface area contributed by atoms with E-state index in [0.29, 0.717) is 12.8 Å². The maximum atomic E-state index is 12.4. The van der Waals surface area contributed by atoms with Gasteiger partial charge in [0.1, 0.15) is 6.79 Å². The Balaban J connectivity index is 1.79. The van der Waals surface area contributed by atoms with Crippen molar-refractivity contribution in [2.24, 2.45) is 0 Å². The van der Waals surface area contributed by atoms with Gasteiger partial charge >= 0.3 is 0 Å². The molecule has 2 fully saturated rings. The van der Waals surface area contributed by atoms with Crippen LogP contribution in [0.1, 0.15) is 38.5 Å². The Kier molecular flexibility index (Phi) is 5.60. The van der Waals surface area contributed by atoms with Gasteiger partial charge in [-0.3, -0.25) is 4.79 Å². The van der Waals surface area contributed by atoms with Crippen molar-refractivity contribution in [2.45, 2.75) is 56.7 Å². The third kappa shape index (κ3) is 3.91. The van der Waals surface area contributed by atoms with Crippen molar-refractivity contribution in [1.29, 1.82) is 0 Å². The lowest BCUT2D eigenvalue weighted by Crippen LogP contribution is -2.46. The molecule has 1 heterocycles. The van der Waals surface area contributed by atoms with E-state index >= 15 is 0 Å². The first-order valence-electron chi connectivity index (χ1n) is 7.33. The molecule has 0 aromatic carbocycles. The molecule has 2 rings (SSSR count). The molecular weight excluding hydrogens is 244 g/mol. The van der Waals surface area contributed by atoms with Crippen LogP contribution in [0.4, 0.5) is 0 Å². The summed E-state index contributed by atoms with van der Waals surface area (Å²) < 4.78 is 10.4. The number of carbonyl (C=O) groups is 1. The summed E-state index contributed by atoms with van der Waals surface area (Å²) in [5.74, 6) is 0.218. The minimum absolute atomic E-state index is 0.0891. The van der Waals surface area contributed by atoms with Crippen molar-refractivity contribution in [3.63, 3.8) is 0 Å². The van der Waals surface area contributed by atoms with Crippen LogP contribution < -0.4 is 5.32 Å². The molecule has 0 aromatic rings. The quantitative estimate of drug-likeness (QED) is 0.761. The van der Waals surface area contributed by atoms with E-state index in [1.165, 1.54) is 19.3 Å². The number of nitrogens with one attached hydrogen (secondary N) is 1. The van der Waals surface area contributed by atoms with Crippen LogP contribution in [-0.4, -0.2) is 56.5 Å². The Morgan fingerprint density at radius 2 is 2.05 bits per heavy atom. The Morgan fingerprint density at radius 3 is 2.74 bits per heavy atom. The van der Waals surface area contributed by atoms with Crippen molar-refractivity contribution >= 4 is 5.91 Å². The topological polar surface area (TPSA) is 50.8 Å². The lowest BCUT2D eigenvalue weighted by molar-refractivity contribution is -0.135. The summed E-state index contributed by atoms with van der Waals surface area (Å²) >= 11 is 0. The molecule has 1 unspecified atom stereocenters. The lowest BCUT2D eigenvalue weighted by Gasteiger charge is -2.32. The fraction of sp³-hybridized carbons (Fsp3) is 0.929. The van der Waals surface area contributed by atoms with E-state index in [9.17, 15) is 4.79 Å². The fourth-order valence-electron chi connectivity index (χ4n) is 3.08. The van der Waals surface area contributed by atoms with Gasteiger partial charge in [-0.05, 0) is 19.3 Å². The van der Waals surface area contributed by atoms with Gasteiger partial charge in [0.2, 0.25) is 5.91 Å². The van der Waals surface area contributed by atoms with Crippen LogP contribution in [0, 0.1) is 0 Å². The van der Waals surface area contributed by atoms with E-state index in [2.05, 4.69) is 5.32 Å². The van der Waals surface area contributed by atoms with E-state index in [1.54, 1.807) is 7.11 Å². The monoisotopic (exact) mass is 270 g/mol. The molecule has 1 saturated heterocycles. The second-order valence-corrected chi connectivity index (χ2v) is 5.63. The molecular formula is C14H26N2O3. The van der Waals surface area contributed by atoms with Crippen LogP contribution in [0.25, 0.3) is 0 Å². The standard InChI is InChI=1S/C14H26N2O3/c1-16(11-6-4-3-5-7-11)14(17)13-8-12(9-15-13)19-10-18-2/h11-13,15H,3-10H2,1-2H3/t12?,13-/m0/s1. The lowest BCUT2D eigenvalue weighted by atomic mass is 9.94. The molecule has 5 heteroatoms.